The van der Waals surface area contributed by atoms with Gasteiger partial charge in [-0.15, -0.1) is 24.0 Å². The molecule has 0 aliphatic heterocycles. The van der Waals surface area contributed by atoms with Gasteiger partial charge in [-0.1, -0.05) is 25.5 Å². The summed E-state index contributed by atoms with van der Waals surface area (Å²) < 4.78 is 5.35. The molecule has 0 aliphatic carbocycles. The van der Waals surface area contributed by atoms with Gasteiger partial charge in [0.25, 0.3) is 5.91 Å². The van der Waals surface area contributed by atoms with Crippen LogP contribution in [0.3, 0.4) is 0 Å². The number of hydrogen-bond acceptors (Lipinski definition) is 4. The van der Waals surface area contributed by atoms with E-state index in [-0.39, 0.29) is 35.9 Å². The number of carbonyl (C=O) groups is 2. The number of hydrogen-bond donors (Lipinski definition) is 3. The molecule has 1 unspecified atom stereocenters. The highest BCUT2D eigenvalue weighted by Crippen LogP contribution is 2.08. The first kappa shape index (κ1) is 30.0. The lowest BCUT2D eigenvalue weighted by atomic mass is 10.1. The van der Waals surface area contributed by atoms with Crippen LogP contribution in [0.15, 0.2) is 29.3 Å². The standard InChI is InChI=1S/C23H39N5O3.HI/c1-8-10-19(27-22(30)31-23(2,3)4)16-26-21(24-5)25-14-13-17-11-9-12-18(15-17)20(29)28(6)7;/h9,11-12,15,19H,8,10,13-14,16H2,1-7H3,(H,27,30)(H2,24,25,26);1H. The van der Waals surface area contributed by atoms with Crippen molar-refractivity contribution in [3.05, 3.63) is 35.4 Å². The first-order valence-electron chi connectivity index (χ1n) is 10.8. The molecule has 1 aromatic carbocycles. The molecule has 0 heterocycles. The van der Waals surface area contributed by atoms with E-state index in [9.17, 15) is 9.59 Å². The average molecular weight is 562 g/mol. The molecule has 0 spiro atoms. The summed E-state index contributed by atoms with van der Waals surface area (Å²) in [6.07, 6.45) is 2.11. The van der Waals surface area contributed by atoms with Gasteiger partial charge >= 0.3 is 6.09 Å². The topological polar surface area (TPSA) is 95.1 Å². The van der Waals surface area contributed by atoms with Crippen LogP contribution in [0, 0.1) is 0 Å². The van der Waals surface area contributed by atoms with E-state index in [2.05, 4.69) is 27.9 Å². The van der Waals surface area contributed by atoms with E-state index in [0.29, 0.717) is 24.6 Å². The SMILES string of the molecule is CCCC(CNC(=NC)NCCc1cccc(C(=O)N(C)C)c1)NC(=O)OC(C)(C)C.I. The maximum atomic E-state index is 12.1. The van der Waals surface area contributed by atoms with Crippen molar-refractivity contribution in [1.29, 1.82) is 0 Å². The fraction of sp³-hybridized carbons (Fsp3) is 0.609. The Bertz CT molecular complexity index is 747. The van der Waals surface area contributed by atoms with Crippen LogP contribution in [-0.4, -0.2) is 68.7 Å². The van der Waals surface area contributed by atoms with E-state index in [1.54, 1.807) is 26.0 Å². The summed E-state index contributed by atoms with van der Waals surface area (Å²) in [6.45, 7) is 8.81. The average Bonchev–Trinajstić information content (AvgIpc) is 2.68. The predicted molar refractivity (Wildman–Crippen MR) is 141 cm³/mol. The number of carbonyl (C=O) groups excluding carboxylic acids is 2. The Balaban J connectivity index is 0.00000961. The van der Waals surface area contributed by atoms with Crippen molar-refractivity contribution in [2.24, 2.45) is 4.99 Å². The Morgan fingerprint density at radius 1 is 1.19 bits per heavy atom. The number of aliphatic imine (C=N–C) groups is 1. The second kappa shape index (κ2) is 14.9. The van der Waals surface area contributed by atoms with E-state index in [0.717, 1.165) is 24.8 Å². The number of halogens is 1. The minimum Gasteiger partial charge on any atom is -0.444 e. The zero-order chi connectivity index (χ0) is 23.4. The van der Waals surface area contributed by atoms with E-state index >= 15 is 0 Å². The molecular weight excluding hydrogens is 521 g/mol. The van der Waals surface area contributed by atoms with Crippen LogP contribution >= 0.6 is 24.0 Å². The Hall–Kier alpha value is -2.04. The molecule has 32 heavy (non-hydrogen) atoms. The molecule has 0 saturated heterocycles. The number of benzene rings is 1. The molecule has 9 heteroatoms. The number of guanidine groups is 1. The summed E-state index contributed by atoms with van der Waals surface area (Å²) in [5.74, 6) is 0.652. The minimum absolute atomic E-state index is 0. The fourth-order valence-electron chi connectivity index (χ4n) is 2.93. The normalized spacial score (nSPS) is 12.3. The molecule has 1 rings (SSSR count). The maximum Gasteiger partial charge on any atom is 0.407 e. The first-order valence-corrected chi connectivity index (χ1v) is 10.8. The molecule has 2 amide bonds. The van der Waals surface area contributed by atoms with Crippen LogP contribution in [-0.2, 0) is 11.2 Å². The van der Waals surface area contributed by atoms with Crippen molar-refractivity contribution in [3.8, 4) is 0 Å². The van der Waals surface area contributed by atoms with E-state index in [4.69, 9.17) is 4.74 Å². The van der Waals surface area contributed by atoms with Gasteiger partial charge in [0.15, 0.2) is 5.96 Å². The molecular formula is C23H40IN5O3. The molecule has 0 saturated carbocycles. The third-order valence-corrected chi connectivity index (χ3v) is 4.38. The summed E-state index contributed by atoms with van der Waals surface area (Å²) in [6, 6.07) is 7.59. The van der Waals surface area contributed by atoms with Gasteiger partial charge < -0.3 is 25.6 Å². The molecule has 0 aromatic heterocycles. The summed E-state index contributed by atoms with van der Waals surface area (Å²) in [4.78, 5) is 30.0. The van der Waals surface area contributed by atoms with Crippen molar-refractivity contribution < 1.29 is 14.3 Å². The van der Waals surface area contributed by atoms with Gasteiger partial charge in [0, 0.05) is 45.8 Å². The van der Waals surface area contributed by atoms with E-state index in [1.807, 2.05) is 45.0 Å². The second-order valence-electron chi connectivity index (χ2n) is 8.66. The summed E-state index contributed by atoms with van der Waals surface area (Å²) in [7, 11) is 5.20. The van der Waals surface area contributed by atoms with Crippen LogP contribution in [0.2, 0.25) is 0 Å². The van der Waals surface area contributed by atoms with Crippen molar-refractivity contribution in [1.82, 2.24) is 20.9 Å². The quantitative estimate of drug-likeness (QED) is 0.244. The summed E-state index contributed by atoms with van der Waals surface area (Å²) in [5, 5.41) is 9.46. The Morgan fingerprint density at radius 3 is 2.44 bits per heavy atom. The van der Waals surface area contributed by atoms with E-state index in [1.165, 1.54) is 0 Å². The molecule has 1 aromatic rings. The maximum absolute atomic E-state index is 12.1. The number of rotatable bonds is 9. The largest absolute Gasteiger partial charge is 0.444 e. The Kier molecular flexibility index (Phi) is 14.0. The summed E-state index contributed by atoms with van der Waals surface area (Å²) >= 11 is 0. The van der Waals surface area contributed by atoms with Gasteiger partial charge in [0.1, 0.15) is 5.60 Å². The third kappa shape index (κ3) is 12.1. The van der Waals surface area contributed by atoms with Crippen LogP contribution in [0.5, 0.6) is 0 Å². The highest BCUT2D eigenvalue weighted by atomic mass is 127. The van der Waals surface area contributed by atoms with Gasteiger partial charge in [-0.2, -0.15) is 0 Å². The monoisotopic (exact) mass is 561 g/mol. The molecule has 182 valence electrons. The van der Waals surface area contributed by atoms with Crippen LogP contribution in [0.1, 0.15) is 56.5 Å². The predicted octanol–water partition coefficient (Wildman–Crippen LogP) is 3.41. The lowest BCUT2D eigenvalue weighted by Crippen LogP contribution is -2.48. The second-order valence-corrected chi connectivity index (χ2v) is 8.66. The number of nitrogens with zero attached hydrogens (tertiary/aromatic N) is 2. The number of ether oxygens (including phenoxy) is 1. The number of nitrogens with one attached hydrogen (secondary N) is 3. The summed E-state index contributed by atoms with van der Waals surface area (Å²) in [5.41, 5.74) is 1.23. The first-order chi connectivity index (χ1) is 14.6. The van der Waals surface area contributed by atoms with Crippen molar-refractivity contribution in [2.75, 3.05) is 34.2 Å². The van der Waals surface area contributed by atoms with Crippen molar-refractivity contribution in [3.63, 3.8) is 0 Å². The molecule has 3 N–H and O–H groups in total. The highest BCUT2D eigenvalue weighted by molar-refractivity contribution is 14.0. The molecule has 0 radical (unpaired) electrons. The van der Waals surface area contributed by atoms with Crippen LogP contribution in [0.25, 0.3) is 0 Å². The fourth-order valence-corrected chi connectivity index (χ4v) is 2.93. The van der Waals surface area contributed by atoms with Gasteiger partial charge in [-0.05, 0) is 51.3 Å². The lowest BCUT2D eigenvalue weighted by molar-refractivity contribution is 0.0502. The van der Waals surface area contributed by atoms with Crippen molar-refractivity contribution in [2.45, 2.75) is 58.6 Å². The van der Waals surface area contributed by atoms with Gasteiger partial charge in [0.05, 0.1) is 0 Å². The number of amides is 2. The molecule has 1 atom stereocenters. The number of alkyl carbamates (subject to hydrolysis) is 1. The Labute approximate surface area is 210 Å². The third-order valence-electron chi connectivity index (χ3n) is 4.38. The van der Waals surface area contributed by atoms with Crippen LogP contribution < -0.4 is 16.0 Å². The molecule has 8 nitrogen and oxygen atoms in total. The van der Waals surface area contributed by atoms with Gasteiger partial charge in [-0.3, -0.25) is 9.79 Å². The van der Waals surface area contributed by atoms with Gasteiger partial charge in [-0.25, -0.2) is 4.79 Å². The molecule has 0 fully saturated rings. The zero-order valence-electron chi connectivity index (χ0n) is 20.4. The Morgan fingerprint density at radius 2 is 1.88 bits per heavy atom. The van der Waals surface area contributed by atoms with E-state index < -0.39 is 11.7 Å². The van der Waals surface area contributed by atoms with Gasteiger partial charge in [0.2, 0.25) is 0 Å². The lowest BCUT2D eigenvalue weighted by Gasteiger charge is -2.24. The zero-order valence-corrected chi connectivity index (χ0v) is 22.8. The molecule has 0 aliphatic rings. The minimum atomic E-state index is -0.527. The molecule has 0 bridgehead atoms. The smallest absolute Gasteiger partial charge is 0.407 e. The highest BCUT2D eigenvalue weighted by Gasteiger charge is 2.19. The van der Waals surface area contributed by atoms with Crippen LogP contribution in [0.4, 0.5) is 4.79 Å². The van der Waals surface area contributed by atoms with Crippen molar-refractivity contribution >= 4 is 41.9 Å².